The Morgan fingerprint density at radius 1 is 1.19 bits per heavy atom. The van der Waals surface area contributed by atoms with E-state index < -0.39 is 24.3 Å². The molecule has 0 saturated heterocycles. The van der Waals surface area contributed by atoms with E-state index in [0.29, 0.717) is 11.1 Å². The van der Waals surface area contributed by atoms with Crippen molar-refractivity contribution in [3.8, 4) is 5.75 Å². The fraction of sp³-hybridized carbons (Fsp3) is 0.111. The van der Waals surface area contributed by atoms with Gasteiger partial charge in [-0.1, -0.05) is 23.2 Å². The highest BCUT2D eigenvalue weighted by atomic mass is 35.5. The Labute approximate surface area is 167 Å². The molecule has 27 heavy (non-hydrogen) atoms. The number of anilines is 1. The fourth-order valence-corrected chi connectivity index (χ4v) is 3.92. The first-order chi connectivity index (χ1) is 12.9. The number of hydrogen-bond acceptors (Lipinski definition) is 5. The summed E-state index contributed by atoms with van der Waals surface area (Å²) in [6.45, 7) is -0.541. The molecule has 0 saturated carbocycles. The Morgan fingerprint density at radius 2 is 1.96 bits per heavy atom. The van der Waals surface area contributed by atoms with E-state index >= 15 is 0 Å². The van der Waals surface area contributed by atoms with Crippen molar-refractivity contribution in [2.75, 3.05) is 19.0 Å². The summed E-state index contributed by atoms with van der Waals surface area (Å²) < 4.78 is 23.9. The number of ether oxygens (including phenoxy) is 2. The lowest BCUT2D eigenvalue weighted by atomic mass is 10.2. The molecule has 9 heteroatoms. The molecular formula is C18H12Cl2FNO4S. The van der Waals surface area contributed by atoms with Crippen LogP contribution in [0, 0.1) is 5.82 Å². The van der Waals surface area contributed by atoms with Crippen LogP contribution in [0.1, 0.15) is 9.67 Å². The second kappa shape index (κ2) is 8.12. The van der Waals surface area contributed by atoms with Crippen LogP contribution in [-0.2, 0) is 9.53 Å². The Balaban J connectivity index is 1.67. The lowest BCUT2D eigenvalue weighted by Gasteiger charge is -2.07. The van der Waals surface area contributed by atoms with Crippen LogP contribution in [0.3, 0.4) is 0 Å². The molecular weight excluding hydrogens is 416 g/mol. The minimum Gasteiger partial charge on any atom is -0.497 e. The standard InChI is InChI=1S/C18H12Cl2FNO4S/c1-25-10-3-4-11-14(7-10)27-17(16(11)20)18(24)26-8-15(23)22-13-5-2-9(21)6-12(13)19/h2-7H,8H2,1H3,(H,22,23). The van der Waals surface area contributed by atoms with E-state index in [-0.39, 0.29) is 20.6 Å². The zero-order valence-corrected chi connectivity index (χ0v) is 16.2. The third-order valence-electron chi connectivity index (χ3n) is 3.56. The highest BCUT2D eigenvalue weighted by molar-refractivity contribution is 7.21. The molecule has 0 aliphatic carbocycles. The van der Waals surface area contributed by atoms with Gasteiger partial charge in [-0.25, -0.2) is 9.18 Å². The van der Waals surface area contributed by atoms with Gasteiger partial charge in [0.1, 0.15) is 16.4 Å². The summed E-state index contributed by atoms with van der Waals surface area (Å²) in [5.74, 6) is -1.23. The molecule has 1 amide bonds. The van der Waals surface area contributed by atoms with Crippen LogP contribution in [0.2, 0.25) is 10.0 Å². The highest BCUT2D eigenvalue weighted by Gasteiger charge is 2.20. The summed E-state index contributed by atoms with van der Waals surface area (Å²) in [5.41, 5.74) is 0.214. The van der Waals surface area contributed by atoms with E-state index in [9.17, 15) is 14.0 Å². The van der Waals surface area contributed by atoms with Gasteiger partial charge in [-0.15, -0.1) is 11.3 Å². The first-order valence-electron chi connectivity index (χ1n) is 7.57. The number of esters is 1. The minimum atomic E-state index is -0.722. The smallest absolute Gasteiger partial charge is 0.350 e. The van der Waals surface area contributed by atoms with Crippen LogP contribution in [0.25, 0.3) is 10.1 Å². The van der Waals surface area contributed by atoms with Gasteiger partial charge in [0.2, 0.25) is 0 Å². The molecule has 0 aliphatic rings. The van der Waals surface area contributed by atoms with Gasteiger partial charge in [0.25, 0.3) is 5.91 Å². The van der Waals surface area contributed by atoms with E-state index in [0.717, 1.165) is 28.2 Å². The number of methoxy groups -OCH3 is 1. The Kier molecular flexibility index (Phi) is 5.84. The zero-order valence-electron chi connectivity index (χ0n) is 13.8. The van der Waals surface area contributed by atoms with Crippen molar-refractivity contribution in [2.45, 2.75) is 0 Å². The lowest BCUT2D eigenvalue weighted by Crippen LogP contribution is -2.20. The molecule has 5 nitrogen and oxygen atoms in total. The van der Waals surface area contributed by atoms with Crippen molar-refractivity contribution in [2.24, 2.45) is 0 Å². The fourth-order valence-electron chi connectivity index (χ4n) is 2.28. The van der Waals surface area contributed by atoms with Crippen molar-refractivity contribution in [3.05, 3.63) is 57.1 Å². The van der Waals surface area contributed by atoms with E-state index in [2.05, 4.69) is 5.32 Å². The summed E-state index contributed by atoms with van der Waals surface area (Å²) >= 11 is 13.2. The van der Waals surface area contributed by atoms with Gasteiger partial charge >= 0.3 is 5.97 Å². The van der Waals surface area contributed by atoms with Crippen molar-refractivity contribution in [1.82, 2.24) is 0 Å². The van der Waals surface area contributed by atoms with Gasteiger partial charge in [0.15, 0.2) is 6.61 Å². The predicted octanol–water partition coefficient (Wildman–Crippen LogP) is 5.15. The number of hydrogen-bond donors (Lipinski definition) is 1. The zero-order chi connectivity index (χ0) is 19.6. The highest BCUT2D eigenvalue weighted by Crippen LogP contribution is 2.37. The van der Waals surface area contributed by atoms with E-state index in [1.165, 1.54) is 13.2 Å². The summed E-state index contributed by atoms with van der Waals surface area (Å²) in [5, 5.41) is 3.42. The molecule has 1 aromatic heterocycles. The average molecular weight is 428 g/mol. The first kappa shape index (κ1) is 19.4. The molecule has 0 atom stereocenters. The van der Waals surface area contributed by atoms with Crippen molar-refractivity contribution >= 4 is 62.2 Å². The number of fused-ring (bicyclic) bond motifs is 1. The van der Waals surface area contributed by atoms with Crippen LogP contribution in [0.4, 0.5) is 10.1 Å². The molecule has 0 unspecified atom stereocenters. The van der Waals surface area contributed by atoms with Gasteiger partial charge in [0, 0.05) is 10.1 Å². The van der Waals surface area contributed by atoms with Gasteiger partial charge in [-0.3, -0.25) is 4.79 Å². The van der Waals surface area contributed by atoms with Gasteiger partial charge in [-0.05, 0) is 36.4 Å². The third kappa shape index (κ3) is 4.32. The second-order valence-corrected chi connectivity index (χ2v) is 7.19. The first-order valence-corrected chi connectivity index (χ1v) is 9.14. The minimum absolute atomic E-state index is 0.0381. The maximum Gasteiger partial charge on any atom is 0.350 e. The van der Waals surface area contributed by atoms with Gasteiger partial charge < -0.3 is 14.8 Å². The van der Waals surface area contributed by atoms with Gasteiger partial charge in [0.05, 0.1) is 22.8 Å². The number of halogens is 3. The molecule has 3 rings (SSSR count). The van der Waals surface area contributed by atoms with Crippen LogP contribution < -0.4 is 10.1 Å². The molecule has 1 heterocycles. The molecule has 0 spiro atoms. The van der Waals surface area contributed by atoms with Crippen LogP contribution >= 0.6 is 34.5 Å². The summed E-state index contributed by atoms with van der Waals surface area (Å²) in [4.78, 5) is 24.4. The number of rotatable bonds is 5. The quantitative estimate of drug-likeness (QED) is 0.571. The topological polar surface area (TPSA) is 64.6 Å². The van der Waals surface area contributed by atoms with Crippen LogP contribution in [-0.4, -0.2) is 25.6 Å². The van der Waals surface area contributed by atoms with Crippen LogP contribution in [0.5, 0.6) is 5.75 Å². The summed E-state index contributed by atoms with van der Waals surface area (Å²) in [7, 11) is 1.54. The SMILES string of the molecule is COc1ccc2c(Cl)c(C(=O)OCC(=O)Nc3ccc(F)cc3Cl)sc2c1. The van der Waals surface area contributed by atoms with Crippen molar-refractivity contribution < 1.29 is 23.5 Å². The maximum atomic E-state index is 13.0. The molecule has 0 aliphatic heterocycles. The van der Waals surface area contributed by atoms with Crippen molar-refractivity contribution in [1.29, 1.82) is 0 Å². The molecule has 0 radical (unpaired) electrons. The summed E-state index contributed by atoms with van der Waals surface area (Å²) in [6.07, 6.45) is 0. The monoisotopic (exact) mass is 427 g/mol. The predicted molar refractivity (Wildman–Crippen MR) is 104 cm³/mol. The average Bonchev–Trinajstić information content (AvgIpc) is 2.98. The number of thiophene rings is 1. The van der Waals surface area contributed by atoms with E-state index in [1.54, 1.807) is 18.2 Å². The maximum absolute atomic E-state index is 13.0. The number of benzene rings is 2. The van der Waals surface area contributed by atoms with E-state index in [1.807, 2.05) is 0 Å². The second-order valence-electron chi connectivity index (χ2n) is 5.36. The van der Waals surface area contributed by atoms with Crippen LogP contribution in [0.15, 0.2) is 36.4 Å². The number of amides is 1. The molecule has 3 aromatic rings. The van der Waals surface area contributed by atoms with Crippen molar-refractivity contribution in [3.63, 3.8) is 0 Å². The Hall–Kier alpha value is -2.35. The van der Waals surface area contributed by atoms with Gasteiger partial charge in [-0.2, -0.15) is 0 Å². The number of nitrogens with one attached hydrogen (secondary N) is 1. The molecule has 2 aromatic carbocycles. The third-order valence-corrected chi connectivity index (χ3v) is 5.51. The molecule has 140 valence electrons. The lowest BCUT2D eigenvalue weighted by molar-refractivity contribution is -0.119. The number of carbonyl (C=O) groups excluding carboxylic acids is 2. The summed E-state index contributed by atoms with van der Waals surface area (Å²) in [6, 6.07) is 8.76. The molecule has 1 N–H and O–H groups in total. The number of carbonyl (C=O) groups is 2. The largest absolute Gasteiger partial charge is 0.497 e. The Bertz CT molecular complexity index is 1040. The molecule has 0 fully saturated rings. The Morgan fingerprint density at radius 3 is 2.67 bits per heavy atom. The van der Waals surface area contributed by atoms with E-state index in [4.69, 9.17) is 32.7 Å². The normalized spacial score (nSPS) is 10.7. The molecule has 0 bridgehead atoms.